The third-order valence-electron chi connectivity index (χ3n) is 2.99. The van der Waals surface area contributed by atoms with E-state index < -0.39 is 16.4 Å². The van der Waals surface area contributed by atoms with Crippen molar-refractivity contribution in [1.29, 1.82) is 0 Å². The fourth-order valence-corrected chi connectivity index (χ4v) is 2.11. The smallest absolute Gasteiger partial charge is 0.339 e. The van der Waals surface area contributed by atoms with Crippen LogP contribution in [-0.4, -0.2) is 25.8 Å². The lowest BCUT2D eigenvalue weighted by Gasteiger charge is -2.22. The molecule has 2 rings (SSSR count). The summed E-state index contributed by atoms with van der Waals surface area (Å²) in [6.45, 7) is 5.55. The lowest BCUT2D eigenvalue weighted by atomic mass is 10.0. The van der Waals surface area contributed by atoms with E-state index in [-0.39, 0.29) is 22.5 Å². The number of nitro benzene ring substituents is 1. The predicted octanol–water partition coefficient (Wildman–Crippen LogP) is 2.91. The maximum Gasteiger partial charge on any atom is 0.339 e. The zero-order chi connectivity index (χ0) is 15.8. The van der Waals surface area contributed by atoms with Crippen LogP contribution in [0.25, 0.3) is 11.3 Å². The van der Waals surface area contributed by atoms with E-state index in [9.17, 15) is 20.0 Å². The number of para-hydroxylation sites is 1. The van der Waals surface area contributed by atoms with Gasteiger partial charge in [0.05, 0.1) is 27.9 Å². The van der Waals surface area contributed by atoms with Crippen molar-refractivity contribution in [2.45, 2.75) is 26.3 Å². The van der Waals surface area contributed by atoms with E-state index in [1.165, 1.54) is 23.0 Å². The Bertz CT molecular complexity index is 713. The molecule has 0 atom stereocenters. The minimum atomic E-state index is -1.17. The highest BCUT2D eigenvalue weighted by Gasteiger charge is 2.29. The lowest BCUT2D eigenvalue weighted by molar-refractivity contribution is -0.384. The number of carboxylic acids is 1. The highest BCUT2D eigenvalue weighted by Crippen LogP contribution is 2.34. The van der Waals surface area contributed by atoms with Crippen LogP contribution in [0.2, 0.25) is 0 Å². The molecule has 0 amide bonds. The summed E-state index contributed by atoms with van der Waals surface area (Å²) in [5.41, 5.74) is -0.230. The molecule has 110 valence electrons. The first-order valence-corrected chi connectivity index (χ1v) is 6.29. The molecule has 0 aliphatic rings. The molecule has 0 aliphatic carbocycles. The first-order valence-electron chi connectivity index (χ1n) is 6.29. The number of aromatic nitrogens is 2. The van der Waals surface area contributed by atoms with Gasteiger partial charge in [-0.15, -0.1) is 0 Å². The summed E-state index contributed by atoms with van der Waals surface area (Å²) in [5.74, 6) is -1.17. The largest absolute Gasteiger partial charge is 0.478 e. The first-order chi connectivity index (χ1) is 9.73. The maximum absolute atomic E-state index is 11.4. The highest BCUT2D eigenvalue weighted by atomic mass is 16.6. The monoisotopic (exact) mass is 289 g/mol. The molecule has 1 aromatic carbocycles. The van der Waals surface area contributed by atoms with E-state index in [4.69, 9.17) is 0 Å². The van der Waals surface area contributed by atoms with Gasteiger partial charge in [0.2, 0.25) is 0 Å². The number of nitro groups is 1. The van der Waals surface area contributed by atoms with Gasteiger partial charge in [-0.2, -0.15) is 5.10 Å². The molecule has 2 aromatic rings. The highest BCUT2D eigenvalue weighted by molar-refractivity contribution is 5.96. The van der Waals surface area contributed by atoms with E-state index in [2.05, 4.69) is 5.10 Å². The average Bonchev–Trinajstić information content (AvgIpc) is 2.83. The Hall–Kier alpha value is -2.70. The third-order valence-corrected chi connectivity index (χ3v) is 2.99. The van der Waals surface area contributed by atoms with E-state index >= 15 is 0 Å². The quantitative estimate of drug-likeness (QED) is 0.692. The number of carboxylic acid groups (broad SMARTS) is 1. The van der Waals surface area contributed by atoms with Gasteiger partial charge in [-0.3, -0.25) is 14.8 Å². The Balaban J connectivity index is 2.82. The lowest BCUT2D eigenvalue weighted by Crippen LogP contribution is -2.24. The molecule has 0 radical (unpaired) electrons. The molecule has 1 heterocycles. The summed E-state index contributed by atoms with van der Waals surface area (Å²) in [5, 5.41) is 24.6. The minimum absolute atomic E-state index is 0.0563. The Labute approximate surface area is 121 Å². The second kappa shape index (κ2) is 5.01. The molecule has 7 heteroatoms. The van der Waals surface area contributed by atoms with Crippen LogP contribution in [0.1, 0.15) is 31.1 Å². The second-order valence-corrected chi connectivity index (χ2v) is 5.57. The Morgan fingerprint density at radius 2 is 1.95 bits per heavy atom. The molecule has 0 aliphatic heterocycles. The van der Waals surface area contributed by atoms with Gasteiger partial charge in [-0.1, -0.05) is 12.1 Å². The number of nitrogens with zero attached hydrogens (tertiary/aromatic N) is 3. The fourth-order valence-electron chi connectivity index (χ4n) is 2.11. The van der Waals surface area contributed by atoms with Crippen molar-refractivity contribution < 1.29 is 14.8 Å². The van der Waals surface area contributed by atoms with Crippen LogP contribution in [0.15, 0.2) is 30.5 Å². The zero-order valence-corrected chi connectivity index (χ0v) is 11.9. The van der Waals surface area contributed by atoms with Crippen LogP contribution in [0.3, 0.4) is 0 Å². The number of benzene rings is 1. The Kier molecular flexibility index (Phi) is 3.51. The zero-order valence-electron chi connectivity index (χ0n) is 11.9. The predicted molar refractivity (Wildman–Crippen MR) is 76.3 cm³/mol. The van der Waals surface area contributed by atoms with Crippen LogP contribution in [0.4, 0.5) is 5.69 Å². The molecule has 1 N–H and O–H groups in total. The van der Waals surface area contributed by atoms with Crippen molar-refractivity contribution >= 4 is 11.7 Å². The summed E-state index contributed by atoms with van der Waals surface area (Å²) in [4.78, 5) is 22.1. The standard InChI is InChI=1S/C14H15N3O4/c1-14(2,3)16-12(10(8-15-16)13(18)19)9-6-4-5-7-11(9)17(20)21/h4-8H,1-3H3,(H,18,19). The number of carbonyl (C=O) groups is 1. The summed E-state index contributed by atoms with van der Waals surface area (Å²) < 4.78 is 1.50. The summed E-state index contributed by atoms with van der Waals surface area (Å²) >= 11 is 0. The van der Waals surface area contributed by atoms with Gasteiger partial charge in [-0.25, -0.2) is 4.79 Å². The van der Waals surface area contributed by atoms with Gasteiger partial charge in [0.1, 0.15) is 5.56 Å². The van der Waals surface area contributed by atoms with E-state index in [1.54, 1.807) is 12.1 Å². The number of hydrogen-bond acceptors (Lipinski definition) is 4. The molecule has 21 heavy (non-hydrogen) atoms. The van der Waals surface area contributed by atoms with Gasteiger partial charge < -0.3 is 5.11 Å². The van der Waals surface area contributed by atoms with E-state index in [0.717, 1.165) is 0 Å². The van der Waals surface area contributed by atoms with Gasteiger partial charge in [0.15, 0.2) is 0 Å². The van der Waals surface area contributed by atoms with Crippen LogP contribution in [0.5, 0.6) is 0 Å². The van der Waals surface area contributed by atoms with Crippen LogP contribution in [0, 0.1) is 10.1 Å². The Morgan fingerprint density at radius 1 is 1.33 bits per heavy atom. The fraction of sp³-hybridized carbons (Fsp3) is 0.286. The number of hydrogen-bond donors (Lipinski definition) is 1. The molecule has 7 nitrogen and oxygen atoms in total. The molecular weight excluding hydrogens is 274 g/mol. The summed E-state index contributed by atoms with van der Waals surface area (Å²) in [7, 11) is 0. The molecule has 0 saturated carbocycles. The minimum Gasteiger partial charge on any atom is -0.478 e. The number of aromatic carboxylic acids is 1. The topological polar surface area (TPSA) is 98.3 Å². The van der Waals surface area contributed by atoms with Crippen LogP contribution >= 0.6 is 0 Å². The molecule has 1 aromatic heterocycles. The van der Waals surface area contributed by atoms with Crippen molar-refractivity contribution in [1.82, 2.24) is 9.78 Å². The molecular formula is C14H15N3O4. The molecule has 0 unspecified atom stereocenters. The maximum atomic E-state index is 11.4. The third kappa shape index (κ3) is 2.62. The van der Waals surface area contributed by atoms with Crippen LogP contribution < -0.4 is 0 Å². The van der Waals surface area contributed by atoms with Crippen molar-refractivity contribution in [2.75, 3.05) is 0 Å². The second-order valence-electron chi connectivity index (χ2n) is 5.57. The summed E-state index contributed by atoms with van der Waals surface area (Å²) in [6.07, 6.45) is 1.22. The Morgan fingerprint density at radius 3 is 2.48 bits per heavy atom. The first kappa shape index (κ1) is 14.7. The SMILES string of the molecule is CC(C)(C)n1ncc(C(=O)O)c1-c1ccccc1[N+](=O)[O-]. The number of rotatable bonds is 3. The molecule has 0 fully saturated rings. The van der Waals surface area contributed by atoms with Crippen molar-refractivity contribution in [3.63, 3.8) is 0 Å². The van der Waals surface area contributed by atoms with Gasteiger partial charge >= 0.3 is 5.97 Å². The summed E-state index contributed by atoms with van der Waals surface area (Å²) in [6, 6.07) is 6.05. The molecule has 0 spiro atoms. The van der Waals surface area contributed by atoms with Gasteiger partial charge in [0.25, 0.3) is 5.69 Å². The van der Waals surface area contributed by atoms with E-state index in [1.807, 2.05) is 20.8 Å². The van der Waals surface area contributed by atoms with Crippen molar-refractivity contribution in [3.05, 3.63) is 46.1 Å². The van der Waals surface area contributed by atoms with E-state index in [0.29, 0.717) is 0 Å². The van der Waals surface area contributed by atoms with Gasteiger partial charge in [0, 0.05) is 6.07 Å². The van der Waals surface area contributed by atoms with Crippen molar-refractivity contribution in [3.8, 4) is 11.3 Å². The van der Waals surface area contributed by atoms with Crippen molar-refractivity contribution in [2.24, 2.45) is 0 Å². The normalized spacial score (nSPS) is 11.4. The molecule has 0 saturated heterocycles. The van der Waals surface area contributed by atoms with Crippen LogP contribution in [-0.2, 0) is 5.54 Å². The average molecular weight is 289 g/mol. The van der Waals surface area contributed by atoms with Gasteiger partial charge in [-0.05, 0) is 26.8 Å². The molecule has 0 bridgehead atoms.